The Kier molecular flexibility index (Phi) is 9.59. The smallest absolute Gasteiger partial charge is 0.0641 e. The fourth-order valence-electron chi connectivity index (χ4n) is 13.8. The molecular formula is C82H74N4. The van der Waals surface area contributed by atoms with E-state index in [9.17, 15) is 5.48 Å². The molecule has 422 valence electrons. The van der Waals surface area contributed by atoms with Gasteiger partial charge in [-0.1, -0.05) is 253 Å². The molecule has 0 radical (unpaired) electrons. The third kappa shape index (κ3) is 8.16. The number of hydrogen-bond acceptors (Lipinski definition) is 2. The molecular weight excluding hydrogens is 1040 g/mol. The van der Waals surface area contributed by atoms with E-state index in [1.54, 1.807) is 0 Å². The maximum absolute atomic E-state index is 9.35. The third-order valence-corrected chi connectivity index (χ3v) is 17.9. The number of fused-ring (bicyclic) bond motifs is 12. The summed E-state index contributed by atoms with van der Waals surface area (Å²) in [5.74, 6) is 0. The Bertz CT molecular complexity index is 5380. The molecule has 0 bridgehead atoms. The molecule has 0 saturated carbocycles. The Morgan fingerprint density at radius 2 is 0.698 bits per heavy atom. The first kappa shape index (κ1) is 43.3. The first-order chi connectivity index (χ1) is 45.4. The molecule has 0 saturated heterocycles. The number of aromatic nitrogens is 2. The average Bonchev–Trinajstić information content (AvgIpc) is 1.51. The van der Waals surface area contributed by atoms with Crippen LogP contribution in [0.1, 0.15) is 119 Å². The quantitative estimate of drug-likeness (QED) is 0.151. The lowest BCUT2D eigenvalue weighted by Gasteiger charge is -2.30. The van der Waals surface area contributed by atoms with E-state index in [-0.39, 0.29) is 57.0 Å². The highest BCUT2D eigenvalue weighted by Gasteiger charge is 2.33. The summed E-state index contributed by atoms with van der Waals surface area (Å²) in [5, 5.41) is 8.36. The van der Waals surface area contributed by atoms with E-state index in [0.717, 1.165) is 110 Å². The van der Waals surface area contributed by atoms with Gasteiger partial charge in [0.1, 0.15) is 0 Å². The van der Waals surface area contributed by atoms with E-state index in [0.29, 0.717) is 22.5 Å². The summed E-state index contributed by atoms with van der Waals surface area (Å²) >= 11 is 0. The summed E-state index contributed by atoms with van der Waals surface area (Å²) < 4.78 is 95.0. The van der Waals surface area contributed by atoms with Crippen molar-refractivity contribution in [3.63, 3.8) is 0 Å². The number of nitrogens with zero attached hydrogens (tertiary/aromatic N) is 4. The highest BCUT2D eigenvalue weighted by atomic mass is 15.2. The van der Waals surface area contributed by atoms with E-state index in [1.807, 2.05) is 48.5 Å². The summed E-state index contributed by atoms with van der Waals surface area (Å²) in [6, 6.07) is 55.9. The van der Waals surface area contributed by atoms with E-state index >= 15 is 0 Å². The molecule has 4 nitrogen and oxygen atoms in total. The topological polar surface area (TPSA) is 15.3 Å². The molecule has 0 aliphatic heterocycles. The van der Waals surface area contributed by atoms with Crippen LogP contribution in [0.25, 0.3) is 98.4 Å². The fraction of sp³-hybridized carbons (Fsp3) is 0.195. The SMILES string of the molecule is [2H]c1c([2H])c([2H])c(-c2ccccc2N(c2cccc(C(C)(C)C)c2)c2ccc3c4cc5c(cc4n4c6c(C(C)(C)C)cccc6c2c34)c2ccc(N(c3cccc(C(C)(C)C)c3)c3ccccc3-c3c([2H])c([2H])c([2H])c([2H])c3[2H])c3c4cccc(C(C)(C)C)c4n5c23)c([2H])c1[2H]. The lowest BCUT2D eigenvalue weighted by atomic mass is 9.85. The van der Waals surface area contributed by atoms with Crippen molar-refractivity contribution in [2.75, 3.05) is 9.80 Å². The van der Waals surface area contributed by atoms with Crippen LogP contribution in [0.15, 0.2) is 230 Å². The van der Waals surface area contributed by atoms with Gasteiger partial charge in [0, 0.05) is 65.6 Å². The predicted molar refractivity (Wildman–Crippen MR) is 371 cm³/mol. The van der Waals surface area contributed by atoms with E-state index in [2.05, 4.69) is 223 Å². The second-order valence-electron chi connectivity index (χ2n) is 27.5. The molecule has 0 spiro atoms. The molecule has 0 unspecified atom stereocenters. The first-order valence-electron chi connectivity index (χ1n) is 34.9. The third-order valence-electron chi connectivity index (χ3n) is 17.9. The molecule has 86 heavy (non-hydrogen) atoms. The normalized spacial score (nSPS) is 14.5. The van der Waals surface area contributed by atoms with Crippen molar-refractivity contribution in [3.05, 3.63) is 253 Å². The molecule has 0 atom stereocenters. The lowest BCUT2D eigenvalue weighted by Crippen LogP contribution is -2.15. The maximum Gasteiger partial charge on any atom is 0.0641 e. The van der Waals surface area contributed by atoms with Crippen LogP contribution in [-0.4, -0.2) is 8.80 Å². The van der Waals surface area contributed by atoms with Gasteiger partial charge in [0.15, 0.2) is 0 Å². The van der Waals surface area contributed by atoms with Gasteiger partial charge in [-0.3, -0.25) is 0 Å². The number of benzene rings is 11. The van der Waals surface area contributed by atoms with Crippen molar-refractivity contribution in [1.29, 1.82) is 0 Å². The predicted octanol–water partition coefficient (Wildman–Crippen LogP) is 23.5. The molecule has 15 aromatic rings. The molecule has 0 aliphatic carbocycles. The number of anilines is 6. The standard InChI is InChI=1S/C82H74N4/c1-79(2,3)53-31-23-33-55(47-53)83(67-41-21-19-35-57(67)51-27-15-13-16-28-51)69-45-43-59-63-49-72-64(50-71(63)85-75-61(73(69)77(59)85)37-25-39-65(75)81(7,8)9)60-44-46-70(74-62-38-26-40-66(82(10,11)12)76(62)86(72)78(60)74)84(56-34-24-32-54(48-56)80(4,5)6)68-42-22-20-36-58(68)52-29-17-14-18-30-52/h13-50H,1-12H3/i13D,14D,15D,16D,17D,18D,27D,28D,29D,30D. The zero-order valence-electron chi connectivity index (χ0n) is 61.0. The van der Waals surface area contributed by atoms with E-state index < -0.39 is 36.3 Å². The molecule has 0 fully saturated rings. The minimum Gasteiger partial charge on any atom is -0.309 e. The highest BCUT2D eigenvalue weighted by molar-refractivity contribution is 6.33. The number of rotatable bonds is 8. The van der Waals surface area contributed by atoms with Gasteiger partial charge in [0.2, 0.25) is 0 Å². The molecule has 0 amide bonds. The minimum absolute atomic E-state index is 0.124. The van der Waals surface area contributed by atoms with Crippen LogP contribution in [0.2, 0.25) is 0 Å². The van der Waals surface area contributed by atoms with Gasteiger partial charge in [-0.25, -0.2) is 0 Å². The maximum atomic E-state index is 9.35. The molecule has 11 aromatic carbocycles. The Morgan fingerprint density at radius 3 is 1.08 bits per heavy atom. The number of para-hydroxylation sites is 4. The second kappa shape index (κ2) is 19.1. The Labute approximate surface area is 519 Å². The molecule has 4 aromatic heterocycles. The number of hydrogen-bond donors (Lipinski definition) is 0. The van der Waals surface area contributed by atoms with Crippen LogP contribution in [0.5, 0.6) is 0 Å². The van der Waals surface area contributed by atoms with Gasteiger partial charge in [-0.2, -0.15) is 0 Å². The molecule has 0 N–H and O–H groups in total. The summed E-state index contributed by atoms with van der Waals surface area (Å²) in [6.45, 7) is 26.8. The van der Waals surface area contributed by atoms with Crippen molar-refractivity contribution in [2.24, 2.45) is 0 Å². The Morgan fingerprint density at radius 1 is 0.314 bits per heavy atom. The Hall–Kier alpha value is -9.38. The average molecular weight is 1130 g/mol. The van der Waals surface area contributed by atoms with Crippen LogP contribution in [0.4, 0.5) is 34.1 Å². The van der Waals surface area contributed by atoms with Crippen LogP contribution < -0.4 is 9.80 Å². The highest BCUT2D eigenvalue weighted by Crippen LogP contribution is 2.55. The van der Waals surface area contributed by atoms with Crippen LogP contribution >= 0.6 is 0 Å². The van der Waals surface area contributed by atoms with Gasteiger partial charge in [-0.15, -0.1) is 0 Å². The molecule has 4 heteroatoms. The fourth-order valence-corrected chi connectivity index (χ4v) is 13.8. The van der Waals surface area contributed by atoms with Crippen molar-refractivity contribution in [1.82, 2.24) is 8.80 Å². The van der Waals surface area contributed by atoms with Crippen LogP contribution in [0, 0.1) is 0 Å². The van der Waals surface area contributed by atoms with Crippen LogP contribution in [-0.2, 0) is 21.7 Å². The van der Waals surface area contributed by atoms with Crippen molar-refractivity contribution in [3.8, 4) is 22.3 Å². The lowest BCUT2D eigenvalue weighted by molar-refractivity contribution is 0.590. The molecule has 15 rings (SSSR count). The summed E-state index contributed by atoms with van der Waals surface area (Å²) in [6.07, 6.45) is 0. The van der Waals surface area contributed by atoms with Gasteiger partial charge in [0.05, 0.1) is 69.6 Å². The van der Waals surface area contributed by atoms with Crippen molar-refractivity contribution < 1.29 is 13.7 Å². The van der Waals surface area contributed by atoms with Gasteiger partial charge in [0.25, 0.3) is 0 Å². The largest absolute Gasteiger partial charge is 0.309 e. The second-order valence-corrected chi connectivity index (χ2v) is 27.5. The first-order valence-corrected chi connectivity index (χ1v) is 29.9. The minimum atomic E-state index is -0.444. The zero-order chi connectivity index (χ0) is 68.0. The summed E-state index contributed by atoms with van der Waals surface area (Å²) in [4.78, 5) is 4.47. The monoisotopic (exact) mass is 1120 g/mol. The van der Waals surface area contributed by atoms with Crippen molar-refractivity contribution in [2.45, 2.75) is 105 Å². The van der Waals surface area contributed by atoms with E-state index in [1.165, 1.54) is 11.1 Å². The molecule has 0 aliphatic rings. The Balaban J connectivity index is 1.08. The van der Waals surface area contributed by atoms with Crippen LogP contribution in [0.3, 0.4) is 0 Å². The van der Waals surface area contributed by atoms with Gasteiger partial charge in [-0.05, 0) is 116 Å². The zero-order valence-corrected chi connectivity index (χ0v) is 51.0. The van der Waals surface area contributed by atoms with Crippen molar-refractivity contribution >= 4 is 110 Å². The van der Waals surface area contributed by atoms with Gasteiger partial charge >= 0.3 is 0 Å². The summed E-state index contributed by atoms with van der Waals surface area (Å²) in [5.41, 5.74) is 15.8. The van der Waals surface area contributed by atoms with E-state index in [4.69, 9.17) is 8.22 Å². The summed E-state index contributed by atoms with van der Waals surface area (Å²) in [7, 11) is 0. The van der Waals surface area contributed by atoms with Gasteiger partial charge < -0.3 is 18.6 Å². The molecule has 4 heterocycles.